The number of anilines is 1. The van der Waals surface area contributed by atoms with Crippen LogP contribution in [0.15, 0.2) is 6.33 Å². The van der Waals surface area contributed by atoms with E-state index >= 15 is 0 Å². The van der Waals surface area contributed by atoms with Gasteiger partial charge in [-0.3, -0.25) is 9.47 Å². The van der Waals surface area contributed by atoms with Crippen LogP contribution in [-0.2, 0) is 7.05 Å². The van der Waals surface area contributed by atoms with Gasteiger partial charge in [-0.1, -0.05) is 19.8 Å². The molecule has 1 aliphatic rings. The summed E-state index contributed by atoms with van der Waals surface area (Å²) in [5.74, 6) is 0.412. The molecular formula is C14H25N5O2. The van der Waals surface area contributed by atoms with Crippen LogP contribution in [0, 0.1) is 10.1 Å². The SMILES string of the molecule is CCCCN1CCCC[C@@H]1CNc1c([N+](=O)[O-])ncn1C. The Morgan fingerprint density at radius 2 is 2.33 bits per heavy atom. The Bertz CT molecular complexity index is 474. The predicted molar refractivity (Wildman–Crippen MR) is 82.5 cm³/mol. The number of nitro groups is 1. The third kappa shape index (κ3) is 3.93. The molecule has 0 unspecified atom stereocenters. The van der Waals surface area contributed by atoms with E-state index in [1.165, 1.54) is 32.0 Å². The molecular weight excluding hydrogens is 270 g/mol. The third-order valence-electron chi connectivity index (χ3n) is 4.14. The standard InChI is InChI=1S/C14H25N5O2/c1-3-4-8-18-9-6-5-7-12(18)10-15-13-14(19(20)21)16-11-17(13)2/h11-12,15H,3-10H2,1-2H3/t12-/m1/s1. The molecule has 1 aromatic heterocycles. The van der Waals surface area contributed by atoms with Crippen molar-refractivity contribution in [2.24, 2.45) is 7.05 Å². The van der Waals surface area contributed by atoms with Crippen LogP contribution in [0.4, 0.5) is 11.6 Å². The van der Waals surface area contributed by atoms with E-state index in [9.17, 15) is 10.1 Å². The number of aryl methyl sites for hydroxylation is 1. The lowest BCUT2D eigenvalue weighted by molar-refractivity contribution is -0.388. The summed E-state index contributed by atoms with van der Waals surface area (Å²) in [6.07, 6.45) is 7.54. The molecule has 1 N–H and O–H groups in total. The zero-order valence-corrected chi connectivity index (χ0v) is 12.9. The first-order valence-corrected chi connectivity index (χ1v) is 7.77. The van der Waals surface area contributed by atoms with Crippen molar-refractivity contribution in [3.8, 4) is 0 Å². The number of imidazole rings is 1. The molecule has 1 fully saturated rings. The van der Waals surface area contributed by atoms with Gasteiger partial charge in [-0.25, -0.2) is 0 Å². The number of rotatable bonds is 7. The van der Waals surface area contributed by atoms with Gasteiger partial charge in [0.15, 0.2) is 0 Å². The van der Waals surface area contributed by atoms with Gasteiger partial charge in [0.1, 0.15) is 0 Å². The average Bonchev–Trinajstić information content (AvgIpc) is 2.85. The quantitative estimate of drug-likeness (QED) is 0.617. The molecule has 2 heterocycles. The highest BCUT2D eigenvalue weighted by molar-refractivity contribution is 5.52. The van der Waals surface area contributed by atoms with Gasteiger partial charge in [0, 0.05) is 19.6 Å². The molecule has 0 radical (unpaired) electrons. The van der Waals surface area contributed by atoms with Crippen LogP contribution in [0.1, 0.15) is 39.0 Å². The molecule has 1 aromatic rings. The number of aromatic nitrogens is 2. The molecule has 21 heavy (non-hydrogen) atoms. The Kier molecular flexibility index (Phi) is 5.55. The second kappa shape index (κ2) is 7.40. The van der Waals surface area contributed by atoms with Crippen LogP contribution in [0.5, 0.6) is 0 Å². The summed E-state index contributed by atoms with van der Waals surface area (Å²) >= 11 is 0. The maximum absolute atomic E-state index is 11.0. The molecule has 0 amide bonds. The summed E-state index contributed by atoms with van der Waals surface area (Å²) in [6.45, 7) is 5.20. The van der Waals surface area contributed by atoms with Gasteiger partial charge in [-0.2, -0.15) is 0 Å². The molecule has 0 saturated carbocycles. The van der Waals surface area contributed by atoms with E-state index in [1.54, 1.807) is 11.6 Å². The Labute approximate surface area is 125 Å². The minimum absolute atomic E-state index is 0.0894. The second-order valence-corrected chi connectivity index (χ2v) is 5.70. The zero-order valence-electron chi connectivity index (χ0n) is 12.9. The fourth-order valence-corrected chi connectivity index (χ4v) is 2.92. The highest BCUT2D eigenvalue weighted by Crippen LogP contribution is 2.23. The van der Waals surface area contributed by atoms with Gasteiger partial charge in [0.2, 0.25) is 12.1 Å². The van der Waals surface area contributed by atoms with Gasteiger partial charge >= 0.3 is 5.82 Å². The topological polar surface area (TPSA) is 76.2 Å². The number of hydrogen-bond acceptors (Lipinski definition) is 5. The summed E-state index contributed by atoms with van der Waals surface area (Å²) in [4.78, 5) is 16.9. The van der Waals surface area contributed by atoms with Gasteiger partial charge in [-0.15, -0.1) is 0 Å². The molecule has 0 aliphatic carbocycles. The maximum atomic E-state index is 11.0. The lowest BCUT2D eigenvalue weighted by Crippen LogP contribution is -2.44. The molecule has 1 aliphatic heterocycles. The first kappa shape index (κ1) is 15.8. The van der Waals surface area contributed by atoms with Crippen molar-refractivity contribution in [2.45, 2.75) is 45.1 Å². The zero-order chi connectivity index (χ0) is 15.2. The monoisotopic (exact) mass is 295 g/mol. The number of nitrogens with one attached hydrogen (secondary N) is 1. The summed E-state index contributed by atoms with van der Waals surface area (Å²) in [6, 6.07) is 0.458. The van der Waals surface area contributed by atoms with Crippen molar-refractivity contribution in [3.05, 3.63) is 16.4 Å². The predicted octanol–water partition coefficient (Wildman–Crippen LogP) is 2.39. The normalized spacial score (nSPS) is 19.6. The molecule has 7 nitrogen and oxygen atoms in total. The van der Waals surface area contributed by atoms with E-state index in [-0.39, 0.29) is 5.82 Å². The van der Waals surface area contributed by atoms with E-state index in [4.69, 9.17) is 0 Å². The molecule has 0 spiro atoms. The molecule has 1 saturated heterocycles. The van der Waals surface area contributed by atoms with Crippen LogP contribution in [0.25, 0.3) is 0 Å². The maximum Gasteiger partial charge on any atom is 0.406 e. The number of piperidine rings is 1. The Balaban J connectivity index is 1.97. The van der Waals surface area contributed by atoms with Gasteiger partial charge in [0.05, 0.1) is 0 Å². The van der Waals surface area contributed by atoms with Crippen LogP contribution in [-0.4, -0.2) is 45.1 Å². The van der Waals surface area contributed by atoms with Crippen LogP contribution in [0.3, 0.4) is 0 Å². The Hall–Kier alpha value is -1.63. The summed E-state index contributed by atoms with van der Waals surface area (Å²) < 4.78 is 1.68. The molecule has 0 bridgehead atoms. The largest absolute Gasteiger partial charge is 0.406 e. The average molecular weight is 295 g/mol. The summed E-state index contributed by atoms with van der Waals surface area (Å²) in [7, 11) is 1.78. The van der Waals surface area contributed by atoms with Crippen molar-refractivity contribution in [1.29, 1.82) is 0 Å². The fraction of sp³-hybridized carbons (Fsp3) is 0.786. The molecule has 0 aromatic carbocycles. The molecule has 7 heteroatoms. The van der Waals surface area contributed by atoms with E-state index in [0.717, 1.165) is 26.1 Å². The van der Waals surface area contributed by atoms with Crippen molar-refractivity contribution in [2.75, 3.05) is 25.0 Å². The lowest BCUT2D eigenvalue weighted by Gasteiger charge is -2.35. The van der Waals surface area contributed by atoms with E-state index in [0.29, 0.717) is 11.9 Å². The number of hydrogen-bond donors (Lipinski definition) is 1. The Morgan fingerprint density at radius 1 is 1.52 bits per heavy atom. The van der Waals surface area contributed by atoms with Gasteiger partial charge in [0.25, 0.3) is 0 Å². The molecule has 118 valence electrons. The summed E-state index contributed by atoms with van der Waals surface area (Å²) in [5, 5.41) is 14.2. The minimum Gasteiger partial charge on any atom is -0.363 e. The second-order valence-electron chi connectivity index (χ2n) is 5.70. The van der Waals surface area contributed by atoms with Gasteiger partial charge < -0.3 is 15.4 Å². The Morgan fingerprint density at radius 3 is 3.05 bits per heavy atom. The number of unbranched alkanes of at least 4 members (excludes halogenated alkanes) is 1. The summed E-state index contributed by atoms with van der Waals surface area (Å²) in [5.41, 5.74) is 0. The minimum atomic E-state index is -0.432. The highest BCUT2D eigenvalue weighted by Gasteiger charge is 2.24. The molecule has 2 rings (SSSR count). The first-order chi connectivity index (χ1) is 10.1. The van der Waals surface area contributed by atoms with Crippen molar-refractivity contribution < 1.29 is 4.92 Å². The third-order valence-corrected chi connectivity index (χ3v) is 4.14. The fourth-order valence-electron chi connectivity index (χ4n) is 2.92. The number of likely N-dealkylation sites (tertiary alicyclic amines) is 1. The van der Waals surface area contributed by atoms with Crippen molar-refractivity contribution >= 4 is 11.6 Å². The highest BCUT2D eigenvalue weighted by atomic mass is 16.6. The van der Waals surface area contributed by atoms with Crippen molar-refractivity contribution in [1.82, 2.24) is 14.5 Å². The van der Waals surface area contributed by atoms with E-state index in [1.807, 2.05) is 0 Å². The van der Waals surface area contributed by atoms with E-state index in [2.05, 4.69) is 22.1 Å². The van der Waals surface area contributed by atoms with E-state index < -0.39 is 4.92 Å². The van der Waals surface area contributed by atoms with Crippen LogP contribution in [0.2, 0.25) is 0 Å². The smallest absolute Gasteiger partial charge is 0.363 e. The number of nitrogens with zero attached hydrogens (tertiary/aromatic N) is 4. The lowest BCUT2D eigenvalue weighted by atomic mass is 10.0. The van der Waals surface area contributed by atoms with Crippen LogP contribution < -0.4 is 5.32 Å². The van der Waals surface area contributed by atoms with Gasteiger partial charge in [-0.05, 0) is 42.3 Å². The first-order valence-electron chi connectivity index (χ1n) is 7.77. The molecule has 1 atom stereocenters. The van der Waals surface area contributed by atoms with Crippen molar-refractivity contribution in [3.63, 3.8) is 0 Å². The van der Waals surface area contributed by atoms with Crippen LogP contribution >= 0.6 is 0 Å².